The topological polar surface area (TPSA) is 104 Å². The summed E-state index contributed by atoms with van der Waals surface area (Å²) >= 11 is 0. The van der Waals surface area contributed by atoms with Gasteiger partial charge in [0.25, 0.3) is 0 Å². The molecule has 0 bridgehead atoms. The van der Waals surface area contributed by atoms with Crippen molar-refractivity contribution in [3.05, 3.63) is 60.7 Å². The van der Waals surface area contributed by atoms with Gasteiger partial charge < -0.3 is 5.32 Å². The molecule has 2 aromatic rings. The molecule has 9 heteroatoms. The second-order valence-electron chi connectivity index (χ2n) is 5.88. The predicted octanol–water partition coefficient (Wildman–Crippen LogP) is 1.31. The first-order valence-corrected chi connectivity index (χ1v) is 11.7. The minimum atomic E-state index is -3.46. The first-order valence-electron chi connectivity index (χ1n) is 8.72. The molecule has 3 N–H and O–H groups in total. The molecule has 0 fully saturated rings. The van der Waals surface area contributed by atoms with Gasteiger partial charge in [-0.2, -0.15) is 0 Å². The molecule has 0 saturated heterocycles. The first kappa shape index (κ1) is 21.5. The third-order valence-corrected chi connectivity index (χ3v) is 6.71. The van der Waals surface area contributed by atoms with E-state index in [0.29, 0.717) is 39.0 Å². The number of rotatable bonds is 12. The Labute approximate surface area is 161 Å². The monoisotopic (exact) mass is 411 g/mol. The standard InChI is InChI=1S/C18H25N3O4S2/c22-26(23,17-9-3-1-4-10-17)20-15-7-13-19-14-8-16-21-27(24,25)18-11-5-2-6-12-18/h1-6,9-12,19-21H,7-8,13-16H2. The summed E-state index contributed by atoms with van der Waals surface area (Å²) in [5.74, 6) is 0. The molecule has 2 aromatic carbocycles. The van der Waals surface area contributed by atoms with Crippen molar-refractivity contribution in [2.24, 2.45) is 0 Å². The third-order valence-electron chi connectivity index (χ3n) is 3.75. The summed E-state index contributed by atoms with van der Waals surface area (Å²) in [4.78, 5) is 0.507. The van der Waals surface area contributed by atoms with Crippen LogP contribution in [0.4, 0.5) is 0 Å². The van der Waals surface area contributed by atoms with Crippen molar-refractivity contribution >= 4 is 20.0 Å². The van der Waals surface area contributed by atoms with Crippen LogP contribution in [0.5, 0.6) is 0 Å². The number of hydrogen-bond donors (Lipinski definition) is 3. The second kappa shape index (κ2) is 10.5. The Hall–Kier alpha value is -1.78. The molecule has 0 aliphatic heterocycles. The number of hydrogen-bond acceptors (Lipinski definition) is 5. The minimum absolute atomic E-state index is 0.253. The van der Waals surface area contributed by atoms with E-state index in [2.05, 4.69) is 14.8 Å². The smallest absolute Gasteiger partial charge is 0.240 e. The lowest BCUT2D eigenvalue weighted by Gasteiger charge is -2.08. The van der Waals surface area contributed by atoms with Gasteiger partial charge in [-0.25, -0.2) is 26.3 Å². The summed E-state index contributed by atoms with van der Waals surface area (Å²) in [5.41, 5.74) is 0. The van der Waals surface area contributed by atoms with Crippen LogP contribution in [0.15, 0.2) is 70.5 Å². The molecule has 0 unspecified atom stereocenters. The van der Waals surface area contributed by atoms with Crippen LogP contribution in [-0.4, -0.2) is 43.0 Å². The van der Waals surface area contributed by atoms with Gasteiger partial charge in [0.15, 0.2) is 0 Å². The first-order chi connectivity index (χ1) is 12.9. The SMILES string of the molecule is O=S(=O)(NCCCNCCCNS(=O)(=O)c1ccccc1)c1ccccc1. The maximum Gasteiger partial charge on any atom is 0.240 e. The van der Waals surface area contributed by atoms with Gasteiger partial charge in [0.2, 0.25) is 20.0 Å². The van der Waals surface area contributed by atoms with Gasteiger partial charge in [-0.1, -0.05) is 36.4 Å². The molecule has 0 radical (unpaired) electrons. The van der Waals surface area contributed by atoms with Crippen LogP contribution in [0.1, 0.15) is 12.8 Å². The van der Waals surface area contributed by atoms with Crippen molar-refractivity contribution in [3.63, 3.8) is 0 Å². The zero-order valence-electron chi connectivity index (χ0n) is 15.0. The molecular formula is C18H25N3O4S2. The van der Waals surface area contributed by atoms with E-state index in [1.807, 2.05) is 0 Å². The van der Waals surface area contributed by atoms with E-state index in [-0.39, 0.29) is 9.79 Å². The lowest BCUT2D eigenvalue weighted by molar-refractivity contribution is 0.566. The molecule has 0 aromatic heterocycles. The highest BCUT2D eigenvalue weighted by molar-refractivity contribution is 7.89. The quantitative estimate of drug-likeness (QED) is 0.457. The zero-order chi connectivity index (χ0) is 19.6. The van der Waals surface area contributed by atoms with Gasteiger partial charge in [0, 0.05) is 13.1 Å². The highest BCUT2D eigenvalue weighted by Gasteiger charge is 2.12. The molecule has 0 saturated carbocycles. The molecule has 148 valence electrons. The molecule has 27 heavy (non-hydrogen) atoms. The maximum atomic E-state index is 12.0. The Balaban J connectivity index is 1.55. The molecule has 0 amide bonds. The van der Waals surface area contributed by atoms with E-state index in [9.17, 15) is 16.8 Å². The lowest BCUT2D eigenvalue weighted by atomic mass is 10.4. The Morgan fingerprint density at radius 2 is 0.926 bits per heavy atom. The van der Waals surface area contributed by atoms with Crippen molar-refractivity contribution in [1.29, 1.82) is 0 Å². The lowest BCUT2D eigenvalue weighted by Crippen LogP contribution is -2.29. The molecule has 0 aliphatic carbocycles. The number of nitrogens with one attached hydrogen (secondary N) is 3. The Morgan fingerprint density at radius 3 is 1.30 bits per heavy atom. The molecule has 0 aliphatic rings. The summed E-state index contributed by atoms with van der Waals surface area (Å²) in [5, 5.41) is 3.17. The summed E-state index contributed by atoms with van der Waals surface area (Å²) in [6.07, 6.45) is 1.28. The van der Waals surface area contributed by atoms with E-state index in [4.69, 9.17) is 0 Å². The van der Waals surface area contributed by atoms with Crippen LogP contribution in [0.2, 0.25) is 0 Å². The number of sulfonamides is 2. The molecular weight excluding hydrogens is 386 g/mol. The Morgan fingerprint density at radius 1 is 0.556 bits per heavy atom. The van der Waals surface area contributed by atoms with Crippen molar-refractivity contribution in [1.82, 2.24) is 14.8 Å². The van der Waals surface area contributed by atoms with Gasteiger partial charge in [-0.3, -0.25) is 0 Å². The fourth-order valence-electron chi connectivity index (χ4n) is 2.33. The van der Waals surface area contributed by atoms with Gasteiger partial charge in [0.1, 0.15) is 0 Å². The van der Waals surface area contributed by atoms with E-state index in [0.717, 1.165) is 0 Å². The van der Waals surface area contributed by atoms with Crippen molar-refractivity contribution in [2.75, 3.05) is 26.2 Å². The average Bonchev–Trinajstić information content (AvgIpc) is 2.68. The van der Waals surface area contributed by atoms with Crippen LogP contribution < -0.4 is 14.8 Å². The van der Waals surface area contributed by atoms with E-state index < -0.39 is 20.0 Å². The summed E-state index contributed by atoms with van der Waals surface area (Å²) in [6.45, 7) is 1.96. The van der Waals surface area contributed by atoms with Gasteiger partial charge in [-0.15, -0.1) is 0 Å². The maximum absolute atomic E-state index is 12.0. The Bertz CT molecular complexity index is 811. The summed E-state index contributed by atoms with van der Waals surface area (Å²) in [6, 6.07) is 16.5. The highest BCUT2D eigenvalue weighted by Crippen LogP contribution is 2.07. The zero-order valence-corrected chi connectivity index (χ0v) is 16.6. The van der Waals surface area contributed by atoms with Crippen LogP contribution in [0.25, 0.3) is 0 Å². The molecule has 7 nitrogen and oxygen atoms in total. The van der Waals surface area contributed by atoms with Crippen molar-refractivity contribution < 1.29 is 16.8 Å². The number of benzene rings is 2. The van der Waals surface area contributed by atoms with Crippen LogP contribution in [0, 0.1) is 0 Å². The Kier molecular flexibility index (Phi) is 8.39. The fraction of sp³-hybridized carbons (Fsp3) is 0.333. The summed E-state index contributed by atoms with van der Waals surface area (Å²) < 4.78 is 53.2. The van der Waals surface area contributed by atoms with E-state index >= 15 is 0 Å². The molecule has 0 heterocycles. The minimum Gasteiger partial charge on any atom is -0.317 e. The van der Waals surface area contributed by atoms with Gasteiger partial charge >= 0.3 is 0 Å². The predicted molar refractivity (Wildman–Crippen MR) is 105 cm³/mol. The van der Waals surface area contributed by atoms with Crippen LogP contribution in [0.3, 0.4) is 0 Å². The van der Waals surface area contributed by atoms with Crippen LogP contribution in [-0.2, 0) is 20.0 Å². The molecule has 0 spiro atoms. The fourth-order valence-corrected chi connectivity index (χ4v) is 4.52. The van der Waals surface area contributed by atoms with Gasteiger partial charge in [0.05, 0.1) is 9.79 Å². The van der Waals surface area contributed by atoms with Crippen LogP contribution >= 0.6 is 0 Å². The van der Waals surface area contributed by atoms with Crippen molar-refractivity contribution in [3.8, 4) is 0 Å². The van der Waals surface area contributed by atoms with Crippen molar-refractivity contribution in [2.45, 2.75) is 22.6 Å². The average molecular weight is 412 g/mol. The largest absolute Gasteiger partial charge is 0.317 e. The van der Waals surface area contributed by atoms with E-state index in [1.165, 1.54) is 0 Å². The summed E-state index contributed by atoms with van der Waals surface area (Å²) in [7, 11) is -6.92. The second-order valence-corrected chi connectivity index (χ2v) is 9.41. The third kappa shape index (κ3) is 7.39. The van der Waals surface area contributed by atoms with Gasteiger partial charge in [-0.05, 0) is 50.2 Å². The normalized spacial score (nSPS) is 12.1. The molecule has 2 rings (SSSR count). The highest BCUT2D eigenvalue weighted by atomic mass is 32.2. The molecule has 0 atom stereocenters. The van der Waals surface area contributed by atoms with E-state index in [1.54, 1.807) is 60.7 Å².